The Kier molecular flexibility index (Phi) is 4.59. The molecule has 1 aliphatic rings. The van der Waals surface area contributed by atoms with Crippen LogP contribution in [-0.4, -0.2) is 22.1 Å². The van der Waals surface area contributed by atoms with Gasteiger partial charge < -0.3 is 5.32 Å². The molecule has 4 nitrogen and oxygen atoms in total. The summed E-state index contributed by atoms with van der Waals surface area (Å²) < 4.78 is 39.7. The van der Waals surface area contributed by atoms with Gasteiger partial charge in [-0.15, -0.1) is 0 Å². The number of nitrogens with zero attached hydrogens (tertiary/aromatic N) is 1. The summed E-state index contributed by atoms with van der Waals surface area (Å²) >= 11 is 0. The van der Waals surface area contributed by atoms with Gasteiger partial charge in [-0.3, -0.25) is 9.89 Å². The van der Waals surface area contributed by atoms with Crippen LogP contribution in [0, 0.1) is 0 Å². The number of aromatic nitrogens is 2. The molecule has 0 spiro atoms. The molecule has 1 amide bonds. The van der Waals surface area contributed by atoms with Gasteiger partial charge in [0.25, 0.3) is 0 Å². The lowest BCUT2D eigenvalue weighted by Gasteiger charge is -2.24. The highest BCUT2D eigenvalue weighted by Gasteiger charge is 2.38. The number of carbonyl (C=O) groups excluding carboxylic acids is 1. The zero-order valence-corrected chi connectivity index (χ0v) is 12.9. The van der Waals surface area contributed by atoms with Crippen LogP contribution < -0.4 is 5.32 Å². The maximum atomic E-state index is 13.2. The van der Waals surface area contributed by atoms with E-state index in [1.807, 2.05) is 0 Å². The van der Waals surface area contributed by atoms with E-state index in [4.69, 9.17) is 0 Å². The van der Waals surface area contributed by atoms with Crippen LogP contribution in [0.25, 0.3) is 0 Å². The molecule has 1 saturated carbocycles. The average molecular weight is 337 g/mol. The molecule has 1 aromatic carbocycles. The molecule has 1 aromatic heterocycles. The van der Waals surface area contributed by atoms with Gasteiger partial charge >= 0.3 is 6.18 Å². The molecule has 0 bridgehead atoms. The topological polar surface area (TPSA) is 57.8 Å². The van der Waals surface area contributed by atoms with Crippen molar-refractivity contribution < 1.29 is 18.0 Å². The van der Waals surface area contributed by atoms with Crippen molar-refractivity contribution in [1.29, 1.82) is 0 Å². The molecule has 2 atom stereocenters. The summed E-state index contributed by atoms with van der Waals surface area (Å²) in [5, 5.41) is 9.37. The first-order valence-corrected chi connectivity index (χ1v) is 7.89. The Bertz CT molecular complexity index is 697. The zero-order valence-electron chi connectivity index (χ0n) is 12.9. The minimum Gasteiger partial charge on any atom is -0.352 e. The van der Waals surface area contributed by atoms with E-state index in [0.29, 0.717) is 18.5 Å². The van der Waals surface area contributed by atoms with E-state index in [0.717, 1.165) is 12.5 Å². The van der Waals surface area contributed by atoms with Crippen LogP contribution in [0.5, 0.6) is 0 Å². The van der Waals surface area contributed by atoms with Gasteiger partial charge in [0.1, 0.15) is 0 Å². The maximum absolute atomic E-state index is 13.2. The molecule has 0 saturated heterocycles. The van der Waals surface area contributed by atoms with Gasteiger partial charge in [0.2, 0.25) is 5.91 Å². The molecular formula is C17H18F3N3O. The summed E-state index contributed by atoms with van der Waals surface area (Å²) in [5.41, 5.74) is 0.344. The fourth-order valence-corrected chi connectivity index (χ4v) is 3.40. The average Bonchev–Trinajstić information content (AvgIpc) is 3.18. The third-order valence-electron chi connectivity index (χ3n) is 4.44. The lowest BCUT2D eigenvalue weighted by Crippen LogP contribution is -2.38. The highest BCUT2D eigenvalue weighted by atomic mass is 19.4. The number of rotatable bonds is 4. The second-order valence-corrected chi connectivity index (χ2v) is 6.06. The number of aromatic amines is 1. The Hall–Kier alpha value is -2.31. The zero-order chi connectivity index (χ0) is 17.2. The summed E-state index contributed by atoms with van der Waals surface area (Å²) in [5.74, 6) is -0.519. The molecule has 128 valence electrons. The second-order valence-electron chi connectivity index (χ2n) is 6.06. The standard InChI is InChI=1S/C17H18F3N3O/c18-17(19,20)14-6-2-1-4-12(14)13-5-3-7-15(13)22-16(24)10-11-8-9-21-23-11/h1-2,4,6,8-9,13,15H,3,5,7,10H2,(H,21,23)(H,22,24)/t13-,15+/m0/s1. The number of amides is 1. The molecule has 2 N–H and O–H groups in total. The van der Waals surface area contributed by atoms with Crippen molar-refractivity contribution in [2.24, 2.45) is 0 Å². The van der Waals surface area contributed by atoms with Crippen molar-refractivity contribution >= 4 is 5.91 Å². The van der Waals surface area contributed by atoms with Gasteiger partial charge in [-0.2, -0.15) is 18.3 Å². The summed E-state index contributed by atoms with van der Waals surface area (Å²) in [6, 6.07) is 7.07. The molecule has 1 heterocycles. The number of H-pyrrole nitrogens is 1. The smallest absolute Gasteiger partial charge is 0.352 e. The van der Waals surface area contributed by atoms with Crippen LogP contribution in [0.1, 0.15) is 42.0 Å². The predicted octanol–water partition coefficient (Wildman–Crippen LogP) is 3.42. The highest BCUT2D eigenvalue weighted by Crippen LogP contribution is 2.41. The number of hydrogen-bond acceptors (Lipinski definition) is 2. The van der Waals surface area contributed by atoms with E-state index in [9.17, 15) is 18.0 Å². The Balaban J connectivity index is 1.75. The molecule has 1 aliphatic carbocycles. The van der Waals surface area contributed by atoms with Crippen molar-refractivity contribution in [2.75, 3.05) is 0 Å². The normalized spacial score (nSPS) is 21.0. The largest absolute Gasteiger partial charge is 0.416 e. The van der Waals surface area contributed by atoms with Gasteiger partial charge in [-0.05, 0) is 30.5 Å². The van der Waals surface area contributed by atoms with Gasteiger partial charge in [0.05, 0.1) is 12.0 Å². The van der Waals surface area contributed by atoms with Gasteiger partial charge in [-0.1, -0.05) is 24.6 Å². The lowest BCUT2D eigenvalue weighted by molar-refractivity contribution is -0.138. The van der Waals surface area contributed by atoms with Crippen molar-refractivity contribution in [3.63, 3.8) is 0 Å². The fourth-order valence-electron chi connectivity index (χ4n) is 3.40. The molecule has 24 heavy (non-hydrogen) atoms. The molecular weight excluding hydrogens is 319 g/mol. The first-order valence-electron chi connectivity index (χ1n) is 7.89. The minimum absolute atomic E-state index is 0.143. The third kappa shape index (κ3) is 3.60. The molecule has 0 radical (unpaired) electrons. The predicted molar refractivity (Wildman–Crippen MR) is 82.3 cm³/mol. The first-order chi connectivity index (χ1) is 11.4. The summed E-state index contributed by atoms with van der Waals surface area (Å²) in [6.45, 7) is 0. The fraction of sp³-hybridized carbons (Fsp3) is 0.412. The van der Waals surface area contributed by atoms with Crippen LogP contribution in [0.2, 0.25) is 0 Å². The van der Waals surface area contributed by atoms with Crippen molar-refractivity contribution in [1.82, 2.24) is 15.5 Å². The number of nitrogens with one attached hydrogen (secondary N) is 2. The van der Waals surface area contributed by atoms with Gasteiger partial charge in [-0.25, -0.2) is 0 Å². The van der Waals surface area contributed by atoms with Crippen molar-refractivity contribution in [3.05, 3.63) is 53.3 Å². The van der Waals surface area contributed by atoms with E-state index < -0.39 is 11.7 Å². The van der Waals surface area contributed by atoms with E-state index in [2.05, 4.69) is 15.5 Å². The monoisotopic (exact) mass is 337 g/mol. The third-order valence-corrected chi connectivity index (χ3v) is 4.44. The molecule has 1 fully saturated rings. The van der Waals surface area contributed by atoms with Crippen molar-refractivity contribution in [3.8, 4) is 0 Å². The van der Waals surface area contributed by atoms with E-state index in [1.54, 1.807) is 18.3 Å². The van der Waals surface area contributed by atoms with Crippen LogP contribution in [-0.2, 0) is 17.4 Å². The minimum atomic E-state index is -4.39. The first kappa shape index (κ1) is 16.5. The number of carbonyl (C=O) groups is 1. The SMILES string of the molecule is O=C(Cc1ccn[nH]1)N[C@@H]1CCC[C@H]1c1ccccc1C(F)(F)F. The summed E-state index contributed by atoms with van der Waals surface area (Å²) in [7, 11) is 0. The summed E-state index contributed by atoms with van der Waals surface area (Å²) in [4.78, 5) is 12.1. The van der Waals surface area contributed by atoms with E-state index >= 15 is 0 Å². The van der Waals surface area contributed by atoms with Crippen LogP contribution in [0.3, 0.4) is 0 Å². The maximum Gasteiger partial charge on any atom is 0.416 e. The molecule has 7 heteroatoms. The second kappa shape index (κ2) is 6.67. The summed E-state index contributed by atoms with van der Waals surface area (Å²) in [6.07, 6.45) is -0.562. The molecule has 0 unspecified atom stereocenters. The Labute approximate surface area is 137 Å². The van der Waals surface area contributed by atoms with E-state index in [1.165, 1.54) is 12.1 Å². The lowest BCUT2D eigenvalue weighted by atomic mass is 9.89. The molecule has 0 aliphatic heterocycles. The van der Waals surface area contributed by atoms with E-state index in [-0.39, 0.29) is 29.9 Å². The van der Waals surface area contributed by atoms with Gasteiger partial charge in [0, 0.05) is 23.9 Å². The highest BCUT2D eigenvalue weighted by molar-refractivity contribution is 5.78. The quantitative estimate of drug-likeness (QED) is 0.898. The van der Waals surface area contributed by atoms with Crippen LogP contribution in [0.15, 0.2) is 36.5 Å². The number of benzene rings is 1. The van der Waals surface area contributed by atoms with Crippen molar-refractivity contribution in [2.45, 2.75) is 43.8 Å². The molecule has 2 aromatic rings. The van der Waals surface area contributed by atoms with Crippen LogP contribution in [0.4, 0.5) is 13.2 Å². The van der Waals surface area contributed by atoms with Gasteiger partial charge in [0.15, 0.2) is 0 Å². The Morgan fingerprint density at radius 1 is 1.25 bits per heavy atom. The Morgan fingerprint density at radius 3 is 2.75 bits per heavy atom. The number of hydrogen-bond donors (Lipinski definition) is 2. The number of halogens is 3. The van der Waals surface area contributed by atoms with Crippen LogP contribution >= 0.6 is 0 Å². The Morgan fingerprint density at radius 2 is 2.04 bits per heavy atom. The molecule has 3 rings (SSSR count). The number of alkyl halides is 3.